The normalized spacial score (nSPS) is 10.2. The lowest BCUT2D eigenvalue weighted by Gasteiger charge is -2.12. The topological polar surface area (TPSA) is 88.0 Å². The molecule has 0 bridgehead atoms. The van der Waals surface area contributed by atoms with E-state index >= 15 is 0 Å². The predicted octanol–water partition coefficient (Wildman–Crippen LogP) is 4.22. The summed E-state index contributed by atoms with van der Waals surface area (Å²) in [6, 6.07) is 9.26. The Labute approximate surface area is 129 Å². The zero-order chi connectivity index (χ0) is 15.4. The van der Waals surface area contributed by atoms with Crippen LogP contribution in [-0.2, 0) is 5.04 Å². The van der Waals surface area contributed by atoms with Crippen molar-refractivity contribution < 1.29 is 25.1 Å². The monoisotopic (exact) mass is 329 g/mol. The van der Waals surface area contributed by atoms with E-state index < -0.39 is 5.97 Å². The quantitative estimate of drug-likeness (QED) is 0.562. The van der Waals surface area contributed by atoms with E-state index in [1.165, 1.54) is 18.2 Å². The van der Waals surface area contributed by atoms with Gasteiger partial charge in [0, 0.05) is 5.69 Å². The maximum Gasteiger partial charge on any atom is 0.337 e. The number of para-hydroxylation sites is 1. The first-order chi connectivity index (χ1) is 10.0. The fraction of sp³-hybridized carbons (Fsp3) is 0. The lowest BCUT2D eigenvalue weighted by Crippen LogP contribution is -2.02. The van der Waals surface area contributed by atoms with Gasteiger partial charge in [0.25, 0.3) is 0 Å². The Hall–Kier alpha value is -1.99. The molecule has 6 nitrogen and oxygen atoms in total. The molecule has 2 aromatic rings. The highest BCUT2D eigenvalue weighted by atomic mass is 35.5. The first-order valence-corrected chi connectivity index (χ1v) is 6.35. The molecule has 0 unspecified atom stereocenters. The van der Waals surface area contributed by atoms with Gasteiger partial charge in [-0.2, -0.15) is 0 Å². The minimum absolute atomic E-state index is 0.0575. The van der Waals surface area contributed by atoms with Crippen molar-refractivity contribution in [1.29, 1.82) is 0 Å². The van der Waals surface area contributed by atoms with E-state index in [2.05, 4.69) is 15.2 Å². The maximum absolute atomic E-state index is 11.1. The largest absolute Gasteiger partial charge is 0.478 e. The third kappa shape index (κ3) is 3.56. The molecule has 0 saturated heterocycles. The summed E-state index contributed by atoms with van der Waals surface area (Å²) in [5.41, 5.74) is 0.928. The predicted molar refractivity (Wildman–Crippen MR) is 77.5 cm³/mol. The van der Waals surface area contributed by atoms with Crippen LogP contribution in [0.4, 0.5) is 11.4 Å². The Bertz CT molecular complexity index is 654. The van der Waals surface area contributed by atoms with E-state index in [0.717, 1.165) is 0 Å². The molecule has 21 heavy (non-hydrogen) atoms. The number of halogens is 2. The highest BCUT2D eigenvalue weighted by molar-refractivity contribution is 6.37. The number of carboxylic acid groups (broad SMARTS) is 1. The van der Waals surface area contributed by atoms with Crippen LogP contribution in [0.3, 0.4) is 0 Å². The van der Waals surface area contributed by atoms with Gasteiger partial charge in [0.2, 0.25) is 5.75 Å². The molecule has 8 heteroatoms. The Balaban J connectivity index is 2.35. The summed E-state index contributed by atoms with van der Waals surface area (Å²) in [5, 5.41) is 23.9. The van der Waals surface area contributed by atoms with E-state index in [-0.39, 0.29) is 21.4 Å². The molecule has 110 valence electrons. The molecule has 0 heterocycles. The van der Waals surface area contributed by atoms with Gasteiger partial charge in [-0.3, -0.25) is 0 Å². The van der Waals surface area contributed by atoms with Crippen LogP contribution < -0.4 is 10.2 Å². The standard InChI is InChI=1S/C13H9Cl2NO5/c14-9-5-7(6-10(15)12(9)20-21-19)16-11-4-2-1-3-8(11)13(17)18/h1-6,16,19H,(H,17,18). The molecule has 0 atom stereocenters. The van der Waals surface area contributed by atoms with Gasteiger partial charge in [0.15, 0.2) is 0 Å². The van der Waals surface area contributed by atoms with Crippen LogP contribution in [0.5, 0.6) is 5.75 Å². The van der Waals surface area contributed by atoms with Gasteiger partial charge in [0.05, 0.1) is 21.3 Å². The highest BCUT2D eigenvalue weighted by Crippen LogP contribution is 2.37. The van der Waals surface area contributed by atoms with Crippen LogP contribution in [-0.4, -0.2) is 16.3 Å². The van der Waals surface area contributed by atoms with Crippen molar-refractivity contribution in [3.05, 3.63) is 52.0 Å². The molecule has 0 amide bonds. The van der Waals surface area contributed by atoms with Crippen molar-refractivity contribution in [3.63, 3.8) is 0 Å². The second-order valence-electron chi connectivity index (χ2n) is 3.90. The molecule has 0 aliphatic rings. The van der Waals surface area contributed by atoms with Crippen LogP contribution in [0, 0.1) is 0 Å². The van der Waals surface area contributed by atoms with Crippen molar-refractivity contribution in [2.24, 2.45) is 0 Å². The fourth-order valence-electron chi connectivity index (χ4n) is 1.68. The van der Waals surface area contributed by atoms with Gasteiger partial charge >= 0.3 is 5.97 Å². The van der Waals surface area contributed by atoms with Gasteiger partial charge in [-0.05, 0) is 29.3 Å². The first-order valence-electron chi connectivity index (χ1n) is 5.59. The Morgan fingerprint density at radius 1 is 1.14 bits per heavy atom. The number of carboxylic acids is 1. The molecular weight excluding hydrogens is 321 g/mol. The summed E-state index contributed by atoms with van der Waals surface area (Å²) < 4.78 is 0. The number of carbonyl (C=O) groups is 1. The maximum atomic E-state index is 11.1. The number of anilines is 2. The fourth-order valence-corrected chi connectivity index (χ4v) is 2.23. The van der Waals surface area contributed by atoms with Crippen LogP contribution in [0.2, 0.25) is 10.0 Å². The summed E-state index contributed by atoms with van der Waals surface area (Å²) in [7, 11) is 0. The molecule has 0 aliphatic heterocycles. The van der Waals surface area contributed by atoms with Gasteiger partial charge < -0.3 is 15.3 Å². The Kier molecular flexibility index (Phi) is 4.87. The number of benzene rings is 2. The zero-order valence-electron chi connectivity index (χ0n) is 10.3. The van der Waals surface area contributed by atoms with E-state index in [9.17, 15) is 4.79 Å². The molecule has 0 radical (unpaired) electrons. The molecular formula is C13H9Cl2NO5. The summed E-state index contributed by atoms with van der Waals surface area (Å²) >= 11 is 11.9. The average Bonchev–Trinajstić information content (AvgIpc) is 2.43. The minimum Gasteiger partial charge on any atom is -0.478 e. The van der Waals surface area contributed by atoms with E-state index in [4.69, 9.17) is 33.6 Å². The lowest BCUT2D eigenvalue weighted by molar-refractivity contribution is -0.438. The molecule has 2 rings (SSSR count). The zero-order valence-corrected chi connectivity index (χ0v) is 11.9. The van der Waals surface area contributed by atoms with Crippen LogP contribution >= 0.6 is 23.2 Å². The number of rotatable bonds is 5. The molecule has 3 N–H and O–H groups in total. The van der Waals surface area contributed by atoms with Crippen molar-refractivity contribution >= 4 is 40.5 Å². The van der Waals surface area contributed by atoms with Gasteiger partial charge in [-0.15, -0.1) is 0 Å². The van der Waals surface area contributed by atoms with Gasteiger partial charge in [0.1, 0.15) is 0 Å². The van der Waals surface area contributed by atoms with E-state index in [1.54, 1.807) is 18.2 Å². The smallest absolute Gasteiger partial charge is 0.337 e. The first kappa shape index (κ1) is 15.4. The summed E-state index contributed by atoms with van der Waals surface area (Å²) in [4.78, 5) is 15.5. The third-order valence-corrected chi connectivity index (χ3v) is 3.12. The molecule has 0 aromatic heterocycles. The Morgan fingerprint density at radius 2 is 1.76 bits per heavy atom. The number of aromatic carboxylic acids is 1. The van der Waals surface area contributed by atoms with Crippen molar-refractivity contribution in [2.75, 3.05) is 5.32 Å². The SMILES string of the molecule is O=C(O)c1ccccc1Nc1cc(Cl)c(OOO)c(Cl)c1. The van der Waals surface area contributed by atoms with Crippen LogP contribution in [0.25, 0.3) is 0 Å². The third-order valence-electron chi connectivity index (χ3n) is 2.56. The second-order valence-corrected chi connectivity index (χ2v) is 4.72. The van der Waals surface area contributed by atoms with Crippen LogP contribution in [0.15, 0.2) is 36.4 Å². The van der Waals surface area contributed by atoms with Crippen molar-refractivity contribution in [1.82, 2.24) is 0 Å². The minimum atomic E-state index is -1.07. The number of nitrogens with one attached hydrogen (secondary N) is 1. The average molecular weight is 330 g/mol. The number of hydrogen-bond donors (Lipinski definition) is 3. The molecule has 0 aliphatic carbocycles. The van der Waals surface area contributed by atoms with Crippen molar-refractivity contribution in [2.45, 2.75) is 0 Å². The van der Waals surface area contributed by atoms with E-state index in [1.807, 2.05) is 0 Å². The summed E-state index contributed by atoms with van der Waals surface area (Å²) in [6.07, 6.45) is 0. The van der Waals surface area contributed by atoms with Gasteiger partial charge in [-0.1, -0.05) is 35.3 Å². The molecule has 0 spiro atoms. The van der Waals surface area contributed by atoms with Crippen molar-refractivity contribution in [3.8, 4) is 5.75 Å². The summed E-state index contributed by atoms with van der Waals surface area (Å²) in [6.45, 7) is 0. The second kappa shape index (κ2) is 6.64. The molecule has 0 saturated carbocycles. The van der Waals surface area contributed by atoms with Crippen LogP contribution in [0.1, 0.15) is 10.4 Å². The number of hydrogen-bond acceptors (Lipinski definition) is 5. The highest BCUT2D eigenvalue weighted by Gasteiger charge is 2.13. The van der Waals surface area contributed by atoms with E-state index in [0.29, 0.717) is 11.4 Å². The molecule has 0 fully saturated rings. The molecule has 2 aromatic carbocycles. The summed E-state index contributed by atoms with van der Waals surface area (Å²) in [5.74, 6) is -1.12. The lowest BCUT2D eigenvalue weighted by atomic mass is 10.1. The Morgan fingerprint density at radius 3 is 2.33 bits per heavy atom. The van der Waals surface area contributed by atoms with Gasteiger partial charge in [-0.25, -0.2) is 10.1 Å².